The summed E-state index contributed by atoms with van der Waals surface area (Å²) in [6.45, 7) is 0. The number of rotatable bonds is 4. The number of fused-ring (bicyclic) bond motifs is 1. The molecule has 0 saturated heterocycles. The highest BCUT2D eigenvalue weighted by molar-refractivity contribution is 5.97. The first-order valence-corrected chi connectivity index (χ1v) is 8.27. The molecule has 2 aromatic carbocycles. The molecule has 26 heavy (non-hydrogen) atoms. The summed E-state index contributed by atoms with van der Waals surface area (Å²) in [5, 5.41) is 2.83. The Kier molecular flexibility index (Phi) is 5.26. The Morgan fingerprint density at radius 3 is 2.62 bits per heavy atom. The lowest BCUT2D eigenvalue weighted by Gasteiger charge is -2.24. The summed E-state index contributed by atoms with van der Waals surface area (Å²) < 4.78 is 13.5. The van der Waals surface area contributed by atoms with Crippen molar-refractivity contribution in [3.8, 4) is 0 Å². The number of hydrogen-bond donors (Lipinski definition) is 3. The molecule has 6 nitrogen and oxygen atoms in total. The van der Waals surface area contributed by atoms with E-state index >= 15 is 0 Å². The van der Waals surface area contributed by atoms with Gasteiger partial charge in [-0.25, -0.2) is 4.39 Å². The second kappa shape index (κ2) is 7.77. The number of carbonyl (C=O) groups excluding carboxylic acids is 3. The second-order valence-corrected chi connectivity index (χ2v) is 6.07. The number of amides is 3. The van der Waals surface area contributed by atoms with Crippen LogP contribution >= 0.6 is 0 Å². The number of anilines is 1. The van der Waals surface area contributed by atoms with Gasteiger partial charge in [-0.1, -0.05) is 30.3 Å². The van der Waals surface area contributed by atoms with Crippen LogP contribution in [0.5, 0.6) is 0 Å². The Morgan fingerprint density at radius 2 is 1.81 bits per heavy atom. The van der Waals surface area contributed by atoms with E-state index in [-0.39, 0.29) is 23.8 Å². The van der Waals surface area contributed by atoms with Crippen molar-refractivity contribution in [2.45, 2.75) is 19.3 Å². The summed E-state index contributed by atoms with van der Waals surface area (Å²) in [6, 6.07) is 13.0. The first-order chi connectivity index (χ1) is 12.5. The molecule has 0 aromatic heterocycles. The highest BCUT2D eigenvalue weighted by Crippen LogP contribution is 2.27. The first kappa shape index (κ1) is 17.6. The van der Waals surface area contributed by atoms with Crippen molar-refractivity contribution in [2.24, 2.45) is 5.92 Å². The lowest BCUT2D eigenvalue weighted by atomic mass is 9.89. The van der Waals surface area contributed by atoms with E-state index in [0.717, 1.165) is 17.3 Å². The first-order valence-electron chi connectivity index (χ1n) is 8.27. The molecule has 0 bridgehead atoms. The molecule has 134 valence electrons. The van der Waals surface area contributed by atoms with Gasteiger partial charge < -0.3 is 5.32 Å². The molecular weight excluding hydrogens is 337 g/mol. The summed E-state index contributed by atoms with van der Waals surface area (Å²) in [5.41, 5.74) is 6.10. The molecular formula is C19H18FN3O3. The highest BCUT2D eigenvalue weighted by atomic mass is 19.1. The van der Waals surface area contributed by atoms with Gasteiger partial charge in [0.15, 0.2) is 0 Å². The third kappa shape index (κ3) is 4.05. The van der Waals surface area contributed by atoms with E-state index in [2.05, 4.69) is 16.2 Å². The van der Waals surface area contributed by atoms with E-state index in [0.29, 0.717) is 12.8 Å². The van der Waals surface area contributed by atoms with Gasteiger partial charge in [0.2, 0.25) is 11.8 Å². The molecule has 0 radical (unpaired) electrons. The topological polar surface area (TPSA) is 87.3 Å². The van der Waals surface area contributed by atoms with Crippen molar-refractivity contribution in [1.82, 2.24) is 10.9 Å². The molecule has 3 rings (SSSR count). The zero-order valence-corrected chi connectivity index (χ0v) is 13.9. The van der Waals surface area contributed by atoms with E-state index in [1.54, 1.807) is 0 Å². The van der Waals surface area contributed by atoms with Crippen molar-refractivity contribution in [2.75, 3.05) is 5.32 Å². The van der Waals surface area contributed by atoms with E-state index < -0.39 is 17.6 Å². The fourth-order valence-corrected chi connectivity index (χ4v) is 2.85. The van der Waals surface area contributed by atoms with E-state index in [1.165, 1.54) is 18.2 Å². The summed E-state index contributed by atoms with van der Waals surface area (Å²) >= 11 is 0. The van der Waals surface area contributed by atoms with Gasteiger partial charge in [0.05, 0.1) is 5.56 Å². The van der Waals surface area contributed by atoms with Gasteiger partial charge >= 0.3 is 0 Å². The van der Waals surface area contributed by atoms with E-state index in [4.69, 9.17) is 0 Å². The molecule has 0 saturated carbocycles. The maximum absolute atomic E-state index is 13.5. The van der Waals surface area contributed by atoms with Crippen molar-refractivity contribution in [1.29, 1.82) is 0 Å². The molecule has 1 atom stereocenters. The number of para-hydroxylation sites is 1. The fourth-order valence-electron chi connectivity index (χ4n) is 2.85. The summed E-state index contributed by atoms with van der Waals surface area (Å²) in [5.74, 6) is -2.27. The Hall–Kier alpha value is -3.22. The predicted molar refractivity (Wildman–Crippen MR) is 93.5 cm³/mol. The number of halogens is 1. The SMILES string of the molecule is O=C(CCC1Cc2ccccc2NC1=O)NNC(=O)c1ccccc1F. The van der Waals surface area contributed by atoms with Gasteiger partial charge in [0.25, 0.3) is 5.91 Å². The Morgan fingerprint density at radius 1 is 1.08 bits per heavy atom. The molecule has 3 amide bonds. The molecule has 1 aliphatic rings. The zero-order valence-electron chi connectivity index (χ0n) is 13.9. The third-order valence-corrected chi connectivity index (χ3v) is 4.27. The van der Waals surface area contributed by atoms with Gasteiger partial charge in [0, 0.05) is 18.0 Å². The molecule has 1 aliphatic heterocycles. The molecule has 2 aromatic rings. The van der Waals surface area contributed by atoms with Crippen molar-refractivity contribution >= 4 is 23.4 Å². The summed E-state index contributed by atoms with van der Waals surface area (Å²) in [4.78, 5) is 35.8. The van der Waals surface area contributed by atoms with Gasteiger partial charge in [-0.2, -0.15) is 0 Å². The minimum absolute atomic E-state index is 0.0673. The standard InChI is InChI=1S/C19H18FN3O3/c20-15-7-3-2-6-14(15)19(26)23-22-17(24)10-9-13-11-12-5-1-4-8-16(12)21-18(13)25/h1-8,13H,9-11H2,(H,21,25)(H,22,24)(H,23,26). The average molecular weight is 355 g/mol. The van der Waals surface area contributed by atoms with Gasteiger partial charge in [0.1, 0.15) is 5.82 Å². The van der Waals surface area contributed by atoms with Crippen molar-refractivity contribution in [3.05, 3.63) is 65.5 Å². The normalized spacial score (nSPS) is 15.6. The Bertz CT molecular complexity index is 853. The molecule has 3 N–H and O–H groups in total. The molecule has 7 heteroatoms. The van der Waals surface area contributed by atoms with Crippen LogP contribution in [0, 0.1) is 11.7 Å². The van der Waals surface area contributed by atoms with Crippen molar-refractivity contribution in [3.63, 3.8) is 0 Å². The van der Waals surface area contributed by atoms with Crippen LogP contribution in [0.25, 0.3) is 0 Å². The van der Waals surface area contributed by atoms with Gasteiger partial charge in [-0.05, 0) is 36.6 Å². The molecule has 0 spiro atoms. The van der Waals surface area contributed by atoms with Gasteiger partial charge in [-0.15, -0.1) is 0 Å². The molecule has 0 fully saturated rings. The highest BCUT2D eigenvalue weighted by Gasteiger charge is 2.26. The van der Waals surface area contributed by atoms with Crippen LogP contribution in [0.4, 0.5) is 10.1 Å². The van der Waals surface area contributed by atoms with E-state index in [1.807, 2.05) is 24.3 Å². The minimum atomic E-state index is -0.735. The molecule has 1 heterocycles. The van der Waals surface area contributed by atoms with Crippen LogP contribution in [0.2, 0.25) is 0 Å². The monoisotopic (exact) mass is 355 g/mol. The van der Waals surface area contributed by atoms with Crippen LogP contribution in [0.1, 0.15) is 28.8 Å². The number of hydrogen-bond acceptors (Lipinski definition) is 3. The fraction of sp³-hybridized carbons (Fsp3) is 0.211. The predicted octanol–water partition coefficient (Wildman–Crippen LogP) is 2.18. The van der Waals surface area contributed by atoms with Gasteiger partial charge in [-0.3, -0.25) is 25.2 Å². The summed E-state index contributed by atoms with van der Waals surface area (Å²) in [7, 11) is 0. The summed E-state index contributed by atoms with van der Waals surface area (Å²) in [6.07, 6.45) is 0.982. The molecule has 0 aliphatic carbocycles. The Labute approximate surface area is 149 Å². The maximum atomic E-state index is 13.5. The largest absolute Gasteiger partial charge is 0.326 e. The minimum Gasteiger partial charge on any atom is -0.326 e. The lowest BCUT2D eigenvalue weighted by molar-refractivity contribution is -0.123. The van der Waals surface area contributed by atoms with E-state index in [9.17, 15) is 18.8 Å². The van der Waals surface area contributed by atoms with Crippen LogP contribution in [-0.4, -0.2) is 17.7 Å². The van der Waals surface area contributed by atoms with Crippen LogP contribution in [-0.2, 0) is 16.0 Å². The number of benzene rings is 2. The number of hydrazine groups is 1. The molecule has 1 unspecified atom stereocenters. The average Bonchev–Trinajstić information content (AvgIpc) is 2.64. The number of nitrogens with one attached hydrogen (secondary N) is 3. The van der Waals surface area contributed by atoms with Crippen molar-refractivity contribution < 1.29 is 18.8 Å². The number of carbonyl (C=O) groups is 3. The zero-order chi connectivity index (χ0) is 18.5. The van der Waals surface area contributed by atoms with Crippen LogP contribution < -0.4 is 16.2 Å². The second-order valence-electron chi connectivity index (χ2n) is 6.07. The smallest absolute Gasteiger partial charge is 0.272 e. The quantitative estimate of drug-likeness (QED) is 0.735. The maximum Gasteiger partial charge on any atom is 0.272 e. The third-order valence-electron chi connectivity index (χ3n) is 4.27. The lowest BCUT2D eigenvalue weighted by Crippen LogP contribution is -2.42. The van der Waals surface area contributed by atoms with Crippen LogP contribution in [0.15, 0.2) is 48.5 Å². The van der Waals surface area contributed by atoms with Crippen LogP contribution in [0.3, 0.4) is 0 Å². The Balaban J connectivity index is 1.48.